The van der Waals surface area contributed by atoms with Crippen molar-refractivity contribution < 1.29 is 28.4 Å². The molecule has 0 saturated heterocycles. The summed E-state index contributed by atoms with van der Waals surface area (Å²) in [6.07, 6.45) is 0.499. The molecular formula is C49H50O6P2. The molecule has 0 aromatic heterocycles. The Balaban J connectivity index is 1.45. The zero-order valence-electron chi connectivity index (χ0n) is 34.5. The van der Waals surface area contributed by atoms with Crippen LogP contribution in [0.4, 0.5) is 0 Å². The Hall–Kier alpha value is -5.02. The van der Waals surface area contributed by atoms with E-state index in [1.165, 1.54) is 65.7 Å². The largest absolute Gasteiger partial charge is 0.493 e. The maximum absolute atomic E-state index is 6.52. The second-order valence-corrected chi connectivity index (χ2v) is 19.9. The molecule has 2 aliphatic rings. The Kier molecular flexibility index (Phi) is 10.7. The minimum atomic E-state index is -1.11. The first-order valence-electron chi connectivity index (χ1n) is 19.3. The standard InChI is InChI=1S/C49H50O6P2/c1-28-11-29(2)16-36(15-28)56(37-17-30(3)12-31(4)18-37)44-24-42(50-9)48-46(52-26-54-48)40(44)23-41-45(25-43(51-10)49-47(41)53-27-55-49)57(38-19-32(5)13-33(6)20-38)39-21-34(7)14-35(8)22-39/h11-22,24-25H,23,26-27H2,1-10H3. The normalized spacial score (nSPS) is 12.8. The molecule has 0 radical (unpaired) electrons. The van der Waals surface area contributed by atoms with Gasteiger partial charge in [0.15, 0.2) is 23.0 Å². The number of fused-ring (bicyclic) bond motifs is 2. The predicted octanol–water partition coefficient (Wildman–Crippen LogP) is 8.74. The van der Waals surface area contributed by atoms with Gasteiger partial charge in [-0.2, -0.15) is 0 Å². The number of ether oxygens (including phenoxy) is 6. The van der Waals surface area contributed by atoms with Crippen LogP contribution in [0.2, 0.25) is 0 Å². The first-order chi connectivity index (χ1) is 27.4. The topological polar surface area (TPSA) is 55.4 Å². The van der Waals surface area contributed by atoms with E-state index in [0.717, 1.165) is 21.7 Å². The highest BCUT2D eigenvalue weighted by Crippen LogP contribution is 2.52. The molecule has 6 aromatic carbocycles. The van der Waals surface area contributed by atoms with Gasteiger partial charge in [-0.15, -0.1) is 0 Å². The molecule has 0 amide bonds. The van der Waals surface area contributed by atoms with Crippen LogP contribution in [-0.4, -0.2) is 27.8 Å². The quantitative estimate of drug-likeness (QED) is 0.129. The Morgan fingerprint density at radius 2 is 0.649 bits per heavy atom. The van der Waals surface area contributed by atoms with Gasteiger partial charge in [0, 0.05) is 17.5 Å². The number of benzene rings is 6. The third-order valence-corrected chi connectivity index (χ3v) is 15.4. The van der Waals surface area contributed by atoms with Gasteiger partial charge in [0.2, 0.25) is 25.1 Å². The average molecular weight is 797 g/mol. The number of aryl methyl sites for hydroxylation is 8. The molecular weight excluding hydrogens is 746 g/mol. The fourth-order valence-corrected chi connectivity index (χ4v) is 14.3. The molecule has 57 heavy (non-hydrogen) atoms. The van der Waals surface area contributed by atoms with E-state index in [4.69, 9.17) is 28.4 Å². The van der Waals surface area contributed by atoms with Crippen LogP contribution in [0.5, 0.6) is 34.5 Å². The van der Waals surface area contributed by atoms with Crippen LogP contribution in [0.25, 0.3) is 0 Å². The first kappa shape index (κ1) is 38.8. The second kappa shape index (κ2) is 15.7. The smallest absolute Gasteiger partial charge is 0.231 e. The fraction of sp³-hybridized carbons (Fsp3) is 0.265. The summed E-state index contributed by atoms with van der Waals surface area (Å²) in [5, 5.41) is 7.36. The van der Waals surface area contributed by atoms with E-state index in [9.17, 15) is 0 Å². The van der Waals surface area contributed by atoms with E-state index in [1.54, 1.807) is 14.2 Å². The summed E-state index contributed by atoms with van der Waals surface area (Å²) in [6, 6.07) is 32.1. The van der Waals surface area contributed by atoms with Gasteiger partial charge in [0.25, 0.3) is 0 Å². The van der Waals surface area contributed by atoms with Crippen LogP contribution in [0.1, 0.15) is 55.6 Å². The molecule has 2 heterocycles. The van der Waals surface area contributed by atoms with Gasteiger partial charge < -0.3 is 28.4 Å². The Morgan fingerprint density at radius 1 is 0.386 bits per heavy atom. The molecule has 0 spiro atoms. The van der Waals surface area contributed by atoms with E-state index in [-0.39, 0.29) is 13.6 Å². The van der Waals surface area contributed by atoms with Crippen molar-refractivity contribution in [3.05, 3.63) is 141 Å². The third kappa shape index (κ3) is 7.59. The van der Waals surface area contributed by atoms with Gasteiger partial charge in [0.05, 0.1) is 14.2 Å². The minimum Gasteiger partial charge on any atom is -0.493 e. The molecule has 0 N–H and O–H groups in total. The SMILES string of the molecule is COc1cc(P(c2cc(C)cc(C)c2)c2cc(C)cc(C)c2)c(Cc2c(P(c3cc(C)cc(C)c3)c3cc(C)cc(C)c3)cc(OC)c3c2OCO3)c2c1OCO2. The number of hydrogen-bond acceptors (Lipinski definition) is 6. The van der Waals surface area contributed by atoms with Gasteiger partial charge >= 0.3 is 0 Å². The number of rotatable bonds is 10. The number of methoxy groups -OCH3 is 2. The van der Waals surface area contributed by atoms with Crippen molar-refractivity contribution in [1.29, 1.82) is 0 Å². The van der Waals surface area contributed by atoms with Gasteiger partial charge in [-0.25, -0.2) is 0 Å². The summed E-state index contributed by atoms with van der Waals surface area (Å²) in [5.74, 6) is 4.00. The lowest BCUT2D eigenvalue weighted by atomic mass is 10.0. The maximum Gasteiger partial charge on any atom is 0.231 e. The average Bonchev–Trinajstić information content (AvgIpc) is 3.83. The minimum absolute atomic E-state index is 0.109. The Morgan fingerprint density at radius 3 is 0.912 bits per heavy atom. The monoisotopic (exact) mass is 796 g/mol. The van der Waals surface area contributed by atoms with Crippen molar-refractivity contribution in [3.63, 3.8) is 0 Å². The van der Waals surface area contributed by atoms with E-state index in [2.05, 4.69) is 140 Å². The summed E-state index contributed by atoms with van der Waals surface area (Å²) in [4.78, 5) is 0. The summed E-state index contributed by atoms with van der Waals surface area (Å²) >= 11 is 0. The molecule has 292 valence electrons. The second-order valence-electron chi connectivity index (χ2n) is 15.5. The first-order valence-corrected chi connectivity index (χ1v) is 22.0. The molecule has 0 saturated carbocycles. The van der Waals surface area contributed by atoms with E-state index >= 15 is 0 Å². The van der Waals surface area contributed by atoms with Crippen LogP contribution in [0.15, 0.2) is 84.9 Å². The van der Waals surface area contributed by atoms with Crippen molar-refractivity contribution >= 4 is 47.7 Å². The highest BCUT2D eigenvalue weighted by Gasteiger charge is 2.36. The van der Waals surface area contributed by atoms with Crippen molar-refractivity contribution in [2.24, 2.45) is 0 Å². The lowest BCUT2D eigenvalue weighted by Crippen LogP contribution is -2.28. The van der Waals surface area contributed by atoms with Crippen LogP contribution < -0.4 is 60.2 Å². The summed E-state index contributed by atoms with van der Waals surface area (Å²) in [5.41, 5.74) is 11.9. The summed E-state index contributed by atoms with van der Waals surface area (Å²) in [7, 11) is 1.19. The van der Waals surface area contributed by atoms with Crippen LogP contribution in [0.3, 0.4) is 0 Å². The highest BCUT2D eigenvalue weighted by atomic mass is 31.1. The van der Waals surface area contributed by atoms with Crippen molar-refractivity contribution in [3.8, 4) is 34.5 Å². The summed E-state index contributed by atoms with van der Waals surface area (Å²) in [6.45, 7) is 17.7. The molecule has 0 bridgehead atoms. The van der Waals surface area contributed by atoms with Gasteiger partial charge in [-0.05, 0) is 115 Å². The Bertz CT molecular complexity index is 2180. The summed E-state index contributed by atoms with van der Waals surface area (Å²) < 4.78 is 37.6. The molecule has 0 aliphatic carbocycles. The third-order valence-electron chi connectivity index (χ3n) is 10.5. The lowest BCUT2D eigenvalue weighted by Gasteiger charge is -2.28. The van der Waals surface area contributed by atoms with Crippen LogP contribution >= 0.6 is 15.8 Å². The molecule has 0 atom stereocenters. The molecule has 8 heteroatoms. The van der Waals surface area contributed by atoms with Crippen molar-refractivity contribution in [2.75, 3.05) is 27.8 Å². The molecule has 0 unspecified atom stereocenters. The van der Waals surface area contributed by atoms with E-state index in [1.807, 2.05) is 0 Å². The van der Waals surface area contributed by atoms with Crippen LogP contribution in [-0.2, 0) is 6.42 Å². The fourth-order valence-electron chi connectivity index (χ4n) is 8.55. The van der Waals surface area contributed by atoms with E-state index in [0.29, 0.717) is 40.9 Å². The highest BCUT2D eigenvalue weighted by molar-refractivity contribution is 7.80. The Labute approximate surface area is 339 Å². The molecule has 6 aromatic rings. The zero-order chi connectivity index (χ0) is 40.1. The lowest BCUT2D eigenvalue weighted by molar-refractivity contribution is 0.170. The van der Waals surface area contributed by atoms with E-state index < -0.39 is 15.8 Å². The predicted molar refractivity (Wildman–Crippen MR) is 236 cm³/mol. The molecule has 2 aliphatic heterocycles. The maximum atomic E-state index is 6.52. The molecule has 8 rings (SSSR count). The van der Waals surface area contributed by atoms with Gasteiger partial charge in [-0.1, -0.05) is 117 Å². The van der Waals surface area contributed by atoms with Crippen molar-refractivity contribution in [2.45, 2.75) is 61.8 Å². The zero-order valence-corrected chi connectivity index (χ0v) is 36.3. The molecule has 6 nitrogen and oxygen atoms in total. The number of hydrogen-bond donors (Lipinski definition) is 0. The van der Waals surface area contributed by atoms with Crippen LogP contribution in [0, 0.1) is 55.4 Å². The van der Waals surface area contributed by atoms with Crippen molar-refractivity contribution in [1.82, 2.24) is 0 Å². The molecule has 0 fully saturated rings. The van der Waals surface area contributed by atoms with Gasteiger partial charge in [0.1, 0.15) is 0 Å². The van der Waals surface area contributed by atoms with Gasteiger partial charge in [-0.3, -0.25) is 0 Å².